The van der Waals surface area contributed by atoms with Crippen molar-refractivity contribution in [1.82, 2.24) is 0 Å². The summed E-state index contributed by atoms with van der Waals surface area (Å²) in [4.78, 5) is 24.1. The highest BCUT2D eigenvalue weighted by molar-refractivity contribution is 7.92. The number of carbonyl (C=O) groups is 2. The van der Waals surface area contributed by atoms with Crippen molar-refractivity contribution in [2.45, 2.75) is 0 Å². The van der Waals surface area contributed by atoms with Crippen molar-refractivity contribution in [3.63, 3.8) is 0 Å². The van der Waals surface area contributed by atoms with E-state index in [0.717, 1.165) is 17.6 Å². The summed E-state index contributed by atoms with van der Waals surface area (Å²) in [5, 5.41) is 0. The van der Waals surface area contributed by atoms with E-state index in [9.17, 15) is 18.0 Å². The fraction of sp³-hybridized carbons (Fsp3) is 0.143. The molecule has 0 radical (unpaired) electrons. The van der Waals surface area contributed by atoms with Gasteiger partial charge < -0.3 is 4.74 Å². The number of esters is 1. The summed E-state index contributed by atoms with van der Waals surface area (Å²) < 4.78 is 29.9. The molecule has 0 saturated carbocycles. The van der Waals surface area contributed by atoms with Crippen LogP contribution in [0.3, 0.4) is 0 Å². The van der Waals surface area contributed by atoms with E-state index in [0.29, 0.717) is 14.9 Å². The Balaban J connectivity index is 1.94. The van der Waals surface area contributed by atoms with E-state index in [2.05, 4.69) is 4.72 Å². The minimum Gasteiger partial charge on any atom is -0.454 e. The Labute approximate surface area is 142 Å². The summed E-state index contributed by atoms with van der Waals surface area (Å²) in [7, 11) is -3.38. The number of halogens is 1. The SMILES string of the molecule is CS(=O)(=O)Nc1ccc(C(=O)OCC(=O)c2ccc(Cl)s2)cc1. The summed E-state index contributed by atoms with van der Waals surface area (Å²) in [5.74, 6) is -1.02. The van der Waals surface area contributed by atoms with Crippen LogP contribution in [0.5, 0.6) is 0 Å². The summed E-state index contributed by atoms with van der Waals surface area (Å²) in [6.45, 7) is -0.390. The number of sulfonamides is 1. The van der Waals surface area contributed by atoms with Gasteiger partial charge in [-0.1, -0.05) is 11.6 Å². The molecular formula is C14H12ClNO5S2. The van der Waals surface area contributed by atoms with Gasteiger partial charge in [-0.15, -0.1) is 11.3 Å². The van der Waals surface area contributed by atoms with Crippen LogP contribution in [0.2, 0.25) is 4.34 Å². The van der Waals surface area contributed by atoms with Crippen molar-refractivity contribution in [2.24, 2.45) is 0 Å². The maximum Gasteiger partial charge on any atom is 0.338 e. The van der Waals surface area contributed by atoms with Gasteiger partial charge in [0.25, 0.3) is 0 Å². The van der Waals surface area contributed by atoms with Crippen LogP contribution in [0.1, 0.15) is 20.0 Å². The van der Waals surface area contributed by atoms with Gasteiger partial charge in [0.1, 0.15) is 0 Å². The highest BCUT2D eigenvalue weighted by atomic mass is 35.5. The maximum atomic E-state index is 11.8. The van der Waals surface area contributed by atoms with E-state index in [1.165, 1.54) is 24.3 Å². The average molecular weight is 374 g/mol. The third-order valence-electron chi connectivity index (χ3n) is 2.61. The molecule has 0 fully saturated rings. The van der Waals surface area contributed by atoms with Crippen molar-refractivity contribution in [2.75, 3.05) is 17.6 Å². The topological polar surface area (TPSA) is 89.5 Å². The molecule has 0 aliphatic heterocycles. The Morgan fingerprint density at radius 2 is 1.83 bits per heavy atom. The monoisotopic (exact) mass is 373 g/mol. The second-order valence-corrected chi connectivity index (χ2v) is 8.02. The molecule has 0 aliphatic rings. The van der Waals surface area contributed by atoms with Gasteiger partial charge in [0.15, 0.2) is 6.61 Å². The van der Waals surface area contributed by atoms with Crippen molar-refractivity contribution in [1.29, 1.82) is 0 Å². The van der Waals surface area contributed by atoms with Crippen LogP contribution in [0, 0.1) is 0 Å². The van der Waals surface area contributed by atoms with Crippen LogP contribution >= 0.6 is 22.9 Å². The lowest BCUT2D eigenvalue weighted by molar-refractivity contribution is 0.0476. The zero-order chi connectivity index (χ0) is 17.0. The predicted octanol–water partition coefficient (Wildman–Crippen LogP) is 2.81. The molecule has 0 aliphatic carbocycles. The van der Waals surface area contributed by atoms with Gasteiger partial charge in [0.05, 0.1) is 21.0 Å². The molecule has 6 nitrogen and oxygen atoms in total. The lowest BCUT2D eigenvalue weighted by Gasteiger charge is -2.06. The molecule has 0 amide bonds. The smallest absolute Gasteiger partial charge is 0.338 e. The van der Waals surface area contributed by atoms with Gasteiger partial charge in [0, 0.05) is 5.69 Å². The number of thiophene rings is 1. The summed E-state index contributed by atoms with van der Waals surface area (Å²) in [6.07, 6.45) is 1.03. The molecular weight excluding hydrogens is 362 g/mol. The largest absolute Gasteiger partial charge is 0.454 e. The highest BCUT2D eigenvalue weighted by Crippen LogP contribution is 2.22. The third kappa shape index (κ3) is 5.34. The zero-order valence-corrected chi connectivity index (χ0v) is 14.3. The minimum absolute atomic E-state index is 0.209. The van der Waals surface area contributed by atoms with Gasteiger partial charge in [0.2, 0.25) is 15.8 Å². The number of ketones is 1. The normalized spacial score (nSPS) is 11.0. The number of benzene rings is 1. The molecule has 0 spiro atoms. The number of carbonyl (C=O) groups excluding carboxylic acids is 2. The van der Waals surface area contributed by atoms with Crippen molar-refractivity contribution in [3.8, 4) is 0 Å². The number of ether oxygens (including phenoxy) is 1. The number of anilines is 1. The maximum absolute atomic E-state index is 11.8. The molecule has 1 N–H and O–H groups in total. The summed E-state index contributed by atoms with van der Waals surface area (Å²) in [5.41, 5.74) is 0.536. The Kier molecular flexibility index (Phi) is 5.40. The van der Waals surface area contributed by atoms with Crippen molar-refractivity contribution in [3.05, 3.63) is 51.2 Å². The first-order valence-corrected chi connectivity index (χ1v) is 9.37. The van der Waals surface area contributed by atoms with Gasteiger partial charge in [-0.2, -0.15) is 0 Å². The van der Waals surface area contributed by atoms with Crippen LogP contribution in [-0.2, 0) is 14.8 Å². The van der Waals surface area contributed by atoms with Crippen LogP contribution in [0.15, 0.2) is 36.4 Å². The van der Waals surface area contributed by atoms with Crippen LogP contribution < -0.4 is 4.72 Å². The quantitative estimate of drug-likeness (QED) is 0.621. The van der Waals surface area contributed by atoms with E-state index >= 15 is 0 Å². The lowest BCUT2D eigenvalue weighted by atomic mass is 10.2. The Morgan fingerprint density at radius 3 is 2.35 bits per heavy atom. The molecule has 122 valence electrons. The van der Waals surface area contributed by atoms with Crippen LogP contribution in [-0.4, -0.2) is 33.0 Å². The molecule has 0 atom stereocenters. The first kappa shape index (κ1) is 17.5. The molecule has 23 heavy (non-hydrogen) atoms. The molecule has 0 unspecified atom stereocenters. The standard InChI is InChI=1S/C14H12ClNO5S2/c1-23(19,20)16-10-4-2-9(3-5-10)14(18)21-8-11(17)12-6-7-13(15)22-12/h2-7,16H,8H2,1H3. The minimum atomic E-state index is -3.38. The zero-order valence-electron chi connectivity index (χ0n) is 11.9. The first-order valence-electron chi connectivity index (χ1n) is 6.28. The average Bonchev–Trinajstić information content (AvgIpc) is 2.90. The lowest BCUT2D eigenvalue weighted by Crippen LogP contribution is -2.13. The molecule has 1 aromatic heterocycles. The second-order valence-electron chi connectivity index (χ2n) is 4.55. The van der Waals surface area contributed by atoms with Crippen LogP contribution in [0.25, 0.3) is 0 Å². The number of nitrogens with one attached hydrogen (secondary N) is 1. The molecule has 9 heteroatoms. The van der Waals surface area contributed by atoms with Gasteiger partial charge in [-0.3, -0.25) is 9.52 Å². The van der Waals surface area contributed by atoms with Gasteiger partial charge in [-0.05, 0) is 36.4 Å². The second kappa shape index (κ2) is 7.12. The molecule has 1 aromatic carbocycles. The number of hydrogen-bond donors (Lipinski definition) is 1. The fourth-order valence-corrected chi connectivity index (χ4v) is 3.17. The van der Waals surface area contributed by atoms with E-state index in [1.807, 2.05) is 0 Å². The van der Waals surface area contributed by atoms with E-state index in [4.69, 9.17) is 16.3 Å². The summed E-state index contributed by atoms with van der Waals surface area (Å²) in [6, 6.07) is 8.82. The van der Waals surface area contributed by atoms with Gasteiger partial charge in [-0.25, -0.2) is 13.2 Å². The molecule has 0 bridgehead atoms. The Bertz CT molecular complexity index is 827. The Hall–Kier alpha value is -1.90. The van der Waals surface area contributed by atoms with Crippen LogP contribution in [0.4, 0.5) is 5.69 Å². The van der Waals surface area contributed by atoms with E-state index in [-0.39, 0.29) is 18.0 Å². The number of Topliss-reactive ketones (excluding diaryl/α,β-unsaturated/α-hetero) is 1. The first-order chi connectivity index (χ1) is 10.7. The molecule has 2 aromatic rings. The molecule has 1 heterocycles. The van der Waals surface area contributed by atoms with Crippen molar-refractivity contribution < 1.29 is 22.7 Å². The van der Waals surface area contributed by atoms with E-state index in [1.54, 1.807) is 12.1 Å². The number of rotatable bonds is 6. The number of hydrogen-bond acceptors (Lipinski definition) is 6. The molecule has 0 saturated heterocycles. The fourth-order valence-electron chi connectivity index (χ4n) is 1.64. The summed E-state index contributed by atoms with van der Waals surface area (Å²) >= 11 is 6.84. The third-order valence-corrected chi connectivity index (χ3v) is 4.48. The highest BCUT2D eigenvalue weighted by Gasteiger charge is 2.13. The van der Waals surface area contributed by atoms with E-state index < -0.39 is 16.0 Å². The molecule has 2 rings (SSSR count). The predicted molar refractivity (Wildman–Crippen MR) is 88.9 cm³/mol. The Morgan fingerprint density at radius 1 is 1.17 bits per heavy atom. The van der Waals surface area contributed by atoms with Crippen molar-refractivity contribution >= 4 is 50.4 Å². The van der Waals surface area contributed by atoms with Gasteiger partial charge >= 0.3 is 5.97 Å².